The third-order valence-electron chi connectivity index (χ3n) is 1.18. The van der Waals surface area contributed by atoms with Crippen molar-refractivity contribution in [3.8, 4) is 0 Å². The zero-order valence-electron chi connectivity index (χ0n) is 5.04. The number of aliphatic carboxylic acids is 1. The largest absolute Gasteiger partial charge is 0.480 e. The van der Waals surface area contributed by atoms with Crippen LogP contribution < -0.4 is 0 Å². The van der Waals surface area contributed by atoms with Crippen LogP contribution in [0.4, 0.5) is 0 Å². The first-order valence-electron chi connectivity index (χ1n) is 2.81. The summed E-state index contributed by atoms with van der Waals surface area (Å²) in [5.74, 6) is 1.23. The summed E-state index contributed by atoms with van der Waals surface area (Å²) in [6.07, 6.45) is 0. The Morgan fingerprint density at radius 1 is 1.78 bits per heavy atom. The zero-order chi connectivity index (χ0) is 6.69. The van der Waals surface area contributed by atoms with Gasteiger partial charge >= 0.3 is 5.97 Å². The molecule has 9 heavy (non-hydrogen) atoms. The molecule has 0 radical (unpaired) electrons. The summed E-state index contributed by atoms with van der Waals surface area (Å²) in [5, 5.41) is 8.32. The second kappa shape index (κ2) is 3.08. The number of hydrogen-bond acceptors (Lipinski definition) is 3. The fourth-order valence-electron chi connectivity index (χ4n) is 0.768. The summed E-state index contributed by atoms with van der Waals surface area (Å²) in [6.45, 7) is 1.13. The molecule has 4 heteroatoms. The highest BCUT2D eigenvalue weighted by molar-refractivity contribution is 7.99. The van der Waals surface area contributed by atoms with E-state index in [2.05, 4.69) is 0 Å². The molecule has 0 spiro atoms. The number of rotatable bonds is 2. The van der Waals surface area contributed by atoms with Crippen molar-refractivity contribution in [2.75, 3.05) is 24.7 Å². The van der Waals surface area contributed by atoms with E-state index in [4.69, 9.17) is 5.11 Å². The van der Waals surface area contributed by atoms with Crippen LogP contribution in [0.25, 0.3) is 0 Å². The molecule has 1 aliphatic heterocycles. The first kappa shape index (κ1) is 6.89. The van der Waals surface area contributed by atoms with Gasteiger partial charge in [0.15, 0.2) is 0 Å². The van der Waals surface area contributed by atoms with Gasteiger partial charge in [0, 0.05) is 18.2 Å². The van der Waals surface area contributed by atoms with Crippen LogP contribution in [-0.2, 0) is 4.79 Å². The van der Waals surface area contributed by atoms with Crippen molar-refractivity contribution >= 4 is 17.7 Å². The average molecular weight is 147 g/mol. The number of hydrogen-bond donors (Lipinski definition) is 1. The molecule has 0 atom stereocenters. The Morgan fingerprint density at radius 3 is 3.00 bits per heavy atom. The van der Waals surface area contributed by atoms with Crippen LogP contribution in [0.3, 0.4) is 0 Å². The lowest BCUT2D eigenvalue weighted by Gasteiger charge is -2.08. The van der Waals surface area contributed by atoms with Gasteiger partial charge in [-0.15, -0.1) is 11.8 Å². The van der Waals surface area contributed by atoms with Crippen LogP contribution in [0.5, 0.6) is 0 Å². The van der Waals surface area contributed by atoms with Crippen molar-refractivity contribution in [2.45, 2.75) is 0 Å². The molecule has 0 unspecified atom stereocenters. The topological polar surface area (TPSA) is 40.5 Å². The quantitative estimate of drug-likeness (QED) is 0.600. The van der Waals surface area contributed by atoms with Crippen molar-refractivity contribution in [2.24, 2.45) is 0 Å². The summed E-state index contributed by atoms with van der Waals surface area (Å²) >= 11 is 1.79. The smallest absolute Gasteiger partial charge is 0.317 e. The maximum absolute atomic E-state index is 10.1. The molecule has 1 N–H and O–H groups in total. The molecule has 0 bridgehead atoms. The van der Waals surface area contributed by atoms with Crippen LogP contribution in [-0.4, -0.2) is 40.7 Å². The van der Waals surface area contributed by atoms with Crippen LogP contribution in [0.1, 0.15) is 0 Å². The molecule has 1 fully saturated rings. The van der Waals surface area contributed by atoms with Gasteiger partial charge in [0.2, 0.25) is 0 Å². The fraction of sp³-hybridized carbons (Fsp3) is 0.800. The minimum atomic E-state index is -0.725. The van der Waals surface area contributed by atoms with Crippen LogP contribution in [0, 0.1) is 0 Å². The summed E-state index contributed by atoms with van der Waals surface area (Å²) in [6, 6.07) is 0. The SMILES string of the molecule is O=C(O)CN1CCSC1. The minimum absolute atomic E-state index is 0.201. The lowest BCUT2D eigenvalue weighted by Crippen LogP contribution is -2.26. The molecule has 1 heterocycles. The van der Waals surface area contributed by atoms with Crippen molar-refractivity contribution in [1.82, 2.24) is 4.90 Å². The van der Waals surface area contributed by atoms with Gasteiger partial charge in [-0.3, -0.25) is 9.69 Å². The number of carbonyl (C=O) groups is 1. The Kier molecular flexibility index (Phi) is 2.36. The lowest BCUT2D eigenvalue weighted by atomic mass is 10.5. The van der Waals surface area contributed by atoms with Gasteiger partial charge in [-0.2, -0.15) is 0 Å². The number of thioether (sulfide) groups is 1. The molecule has 3 nitrogen and oxygen atoms in total. The third kappa shape index (κ3) is 2.24. The molecule has 1 saturated heterocycles. The van der Waals surface area contributed by atoms with E-state index >= 15 is 0 Å². The van der Waals surface area contributed by atoms with E-state index in [-0.39, 0.29) is 6.54 Å². The lowest BCUT2D eigenvalue weighted by molar-refractivity contribution is -0.137. The Hall–Kier alpha value is -0.220. The summed E-state index contributed by atoms with van der Waals surface area (Å²) in [7, 11) is 0. The van der Waals surface area contributed by atoms with Crippen molar-refractivity contribution in [3.63, 3.8) is 0 Å². The second-order valence-electron chi connectivity index (χ2n) is 1.98. The molecular weight excluding hydrogens is 138 g/mol. The van der Waals surface area contributed by atoms with Gasteiger partial charge in [0.1, 0.15) is 0 Å². The van der Waals surface area contributed by atoms with Gasteiger partial charge in [-0.1, -0.05) is 0 Å². The molecule has 52 valence electrons. The van der Waals surface area contributed by atoms with E-state index in [9.17, 15) is 4.79 Å². The fourth-order valence-corrected chi connectivity index (χ4v) is 1.76. The van der Waals surface area contributed by atoms with Crippen molar-refractivity contribution in [1.29, 1.82) is 0 Å². The standard InChI is InChI=1S/C5H9NO2S/c7-5(8)3-6-1-2-9-4-6/h1-4H2,(H,7,8). The van der Waals surface area contributed by atoms with Gasteiger partial charge in [-0.25, -0.2) is 0 Å². The predicted molar refractivity (Wildman–Crippen MR) is 36.5 cm³/mol. The summed E-state index contributed by atoms with van der Waals surface area (Å²) < 4.78 is 0. The van der Waals surface area contributed by atoms with Crippen LogP contribution in [0.15, 0.2) is 0 Å². The van der Waals surface area contributed by atoms with E-state index in [0.717, 1.165) is 18.2 Å². The first-order valence-corrected chi connectivity index (χ1v) is 3.96. The Bertz CT molecular complexity index is 112. The third-order valence-corrected chi connectivity index (χ3v) is 2.20. The highest BCUT2D eigenvalue weighted by atomic mass is 32.2. The molecule has 0 amide bonds. The maximum atomic E-state index is 10.1. The highest BCUT2D eigenvalue weighted by Gasteiger charge is 2.13. The number of carboxylic acids is 1. The van der Waals surface area contributed by atoms with Crippen LogP contribution in [0.2, 0.25) is 0 Å². The Balaban J connectivity index is 2.19. The van der Waals surface area contributed by atoms with Gasteiger partial charge in [-0.05, 0) is 0 Å². The van der Waals surface area contributed by atoms with Crippen molar-refractivity contribution in [3.05, 3.63) is 0 Å². The Morgan fingerprint density at radius 2 is 2.56 bits per heavy atom. The molecule has 1 rings (SSSR count). The second-order valence-corrected chi connectivity index (χ2v) is 3.06. The van der Waals surface area contributed by atoms with E-state index in [1.807, 2.05) is 4.90 Å². The first-order chi connectivity index (χ1) is 4.29. The van der Waals surface area contributed by atoms with E-state index in [1.165, 1.54) is 0 Å². The minimum Gasteiger partial charge on any atom is -0.480 e. The Labute approximate surface area is 58.0 Å². The maximum Gasteiger partial charge on any atom is 0.317 e. The van der Waals surface area contributed by atoms with Crippen LogP contribution >= 0.6 is 11.8 Å². The normalized spacial score (nSPS) is 20.4. The summed E-state index contributed by atoms with van der Waals surface area (Å²) in [5.41, 5.74) is 0. The number of nitrogens with zero attached hydrogens (tertiary/aromatic N) is 1. The van der Waals surface area contributed by atoms with Gasteiger partial charge in [0.25, 0.3) is 0 Å². The molecule has 0 aromatic carbocycles. The molecule has 0 aromatic heterocycles. The molecule has 0 aromatic rings. The molecular formula is C5H9NO2S. The predicted octanol–water partition coefficient (Wildman–Crippen LogP) is 0.0773. The van der Waals surface area contributed by atoms with Gasteiger partial charge in [0.05, 0.1) is 6.54 Å². The average Bonchev–Trinajstić information content (AvgIpc) is 2.15. The molecule has 1 aliphatic rings. The summed E-state index contributed by atoms with van der Waals surface area (Å²) in [4.78, 5) is 12.0. The molecule has 0 aliphatic carbocycles. The monoisotopic (exact) mass is 147 g/mol. The van der Waals surface area contributed by atoms with Crippen molar-refractivity contribution < 1.29 is 9.90 Å². The highest BCUT2D eigenvalue weighted by Crippen LogP contribution is 2.11. The zero-order valence-corrected chi connectivity index (χ0v) is 5.86. The van der Waals surface area contributed by atoms with E-state index < -0.39 is 5.97 Å². The van der Waals surface area contributed by atoms with E-state index in [0.29, 0.717) is 0 Å². The van der Waals surface area contributed by atoms with E-state index in [1.54, 1.807) is 11.8 Å². The molecule has 0 saturated carbocycles. The van der Waals surface area contributed by atoms with Gasteiger partial charge < -0.3 is 5.11 Å². The number of carboxylic acid groups (broad SMARTS) is 1.